The minimum Gasteiger partial charge on any atom is -0.398 e. The zero-order valence-corrected chi connectivity index (χ0v) is 14.9. The molecule has 0 amide bonds. The van der Waals surface area contributed by atoms with Crippen LogP contribution in [0.25, 0.3) is 17.5 Å². The molecule has 1 aliphatic rings. The summed E-state index contributed by atoms with van der Waals surface area (Å²) in [6.07, 6.45) is 2.48. The number of pyridine rings is 1. The van der Waals surface area contributed by atoms with Crippen LogP contribution in [0.3, 0.4) is 0 Å². The summed E-state index contributed by atoms with van der Waals surface area (Å²) in [7, 11) is -1.26. The Morgan fingerprint density at radius 3 is 2.35 bits per heavy atom. The van der Waals surface area contributed by atoms with E-state index in [1.807, 2.05) is 0 Å². The third-order valence-corrected chi connectivity index (χ3v) is 4.64. The molecule has 1 aliphatic heterocycles. The second-order valence-electron chi connectivity index (χ2n) is 7.01. The Balaban J connectivity index is 1.94. The van der Waals surface area contributed by atoms with E-state index in [1.54, 1.807) is 45.9 Å². The van der Waals surface area contributed by atoms with Gasteiger partial charge in [-0.1, -0.05) is 6.07 Å². The average molecular weight is 365 g/mol. The smallest absolute Gasteiger partial charge is 0.398 e. The number of hydrogen-bond acceptors (Lipinski definition) is 4. The van der Waals surface area contributed by atoms with Gasteiger partial charge >= 0.3 is 13.7 Å². The maximum Gasteiger partial charge on any atom is 0.525 e. The van der Waals surface area contributed by atoms with Crippen LogP contribution in [0.5, 0.6) is 0 Å². The molecule has 0 saturated carbocycles. The van der Waals surface area contributed by atoms with Crippen molar-refractivity contribution in [2.24, 2.45) is 0 Å². The van der Waals surface area contributed by atoms with Gasteiger partial charge in [0.15, 0.2) is 0 Å². The standard InChI is InChI=1S/C17H19BF3N3O2/c1-16(2)17(3,4)26-18(25-16)14(19)10-11-9-13(23-24(11)15(20)21)12-7-5-6-8-22-12/h5-10,15H,1-4H3. The fraction of sp³-hybridized carbons (Fsp3) is 0.412. The molecular weight excluding hydrogens is 346 g/mol. The highest BCUT2D eigenvalue weighted by atomic mass is 19.3. The van der Waals surface area contributed by atoms with Gasteiger partial charge in [0.1, 0.15) is 11.4 Å². The van der Waals surface area contributed by atoms with Crippen molar-refractivity contribution < 1.29 is 22.5 Å². The first-order valence-electron chi connectivity index (χ1n) is 8.12. The minimum absolute atomic E-state index is 0.104. The highest BCUT2D eigenvalue weighted by molar-refractivity contribution is 6.54. The zero-order valence-electron chi connectivity index (χ0n) is 14.9. The van der Waals surface area contributed by atoms with E-state index in [4.69, 9.17) is 9.31 Å². The van der Waals surface area contributed by atoms with Crippen LogP contribution in [-0.2, 0) is 9.31 Å². The van der Waals surface area contributed by atoms with Gasteiger partial charge in [-0.3, -0.25) is 4.98 Å². The van der Waals surface area contributed by atoms with Crippen molar-refractivity contribution in [3.63, 3.8) is 0 Å². The molecule has 5 nitrogen and oxygen atoms in total. The summed E-state index contributed by atoms with van der Waals surface area (Å²) in [4.78, 5) is 4.07. The van der Waals surface area contributed by atoms with E-state index < -0.39 is 30.6 Å². The molecule has 1 saturated heterocycles. The van der Waals surface area contributed by atoms with E-state index >= 15 is 0 Å². The summed E-state index contributed by atoms with van der Waals surface area (Å²) < 4.78 is 52.9. The maximum atomic E-state index is 14.6. The fourth-order valence-corrected chi connectivity index (χ4v) is 2.48. The molecule has 0 N–H and O–H groups in total. The van der Waals surface area contributed by atoms with Gasteiger partial charge < -0.3 is 9.31 Å². The molecule has 3 rings (SSSR count). The topological polar surface area (TPSA) is 49.2 Å². The Bertz CT molecular complexity index is 806. The molecule has 0 aliphatic carbocycles. The SMILES string of the molecule is CC1(C)OB(C(F)=Cc2cc(-c3ccccn3)nn2C(F)F)OC1(C)C. The maximum absolute atomic E-state index is 14.6. The number of aromatic nitrogens is 3. The molecule has 0 radical (unpaired) electrons. The van der Waals surface area contributed by atoms with Gasteiger partial charge in [-0.25, -0.2) is 9.07 Å². The summed E-state index contributed by atoms with van der Waals surface area (Å²) >= 11 is 0. The molecule has 138 valence electrons. The summed E-state index contributed by atoms with van der Waals surface area (Å²) in [5.74, 6) is 0. The molecular formula is C17H19BF3N3O2. The van der Waals surface area contributed by atoms with Crippen molar-refractivity contribution in [1.29, 1.82) is 0 Å². The van der Waals surface area contributed by atoms with Crippen molar-refractivity contribution in [3.8, 4) is 11.4 Å². The van der Waals surface area contributed by atoms with Crippen molar-refractivity contribution in [2.45, 2.75) is 45.4 Å². The van der Waals surface area contributed by atoms with Crippen LogP contribution in [0.15, 0.2) is 36.2 Å². The largest absolute Gasteiger partial charge is 0.525 e. The number of rotatable bonds is 4. The van der Waals surface area contributed by atoms with Crippen LogP contribution in [0, 0.1) is 0 Å². The number of alkyl halides is 2. The molecule has 0 bridgehead atoms. The lowest BCUT2D eigenvalue weighted by molar-refractivity contribution is 0.00578. The summed E-state index contributed by atoms with van der Waals surface area (Å²) in [5.41, 5.74) is -1.74. The third-order valence-electron chi connectivity index (χ3n) is 4.64. The molecule has 1 fully saturated rings. The predicted molar refractivity (Wildman–Crippen MR) is 91.9 cm³/mol. The van der Waals surface area contributed by atoms with Gasteiger partial charge in [0.25, 0.3) is 0 Å². The lowest BCUT2D eigenvalue weighted by Crippen LogP contribution is -2.41. The van der Waals surface area contributed by atoms with Crippen molar-refractivity contribution in [1.82, 2.24) is 14.8 Å². The van der Waals surface area contributed by atoms with Crippen LogP contribution in [0.1, 0.15) is 39.9 Å². The van der Waals surface area contributed by atoms with E-state index in [0.29, 0.717) is 10.4 Å². The summed E-state index contributed by atoms with van der Waals surface area (Å²) in [6, 6.07) is 6.39. The van der Waals surface area contributed by atoms with Gasteiger partial charge in [0.05, 0.1) is 22.6 Å². The molecule has 2 aromatic heterocycles. The van der Waals surface area contributed by atoms with Crippen LogP contribution in [-0.4, -0.2) is 33.1 Å². The van der Waals surface area contributed by atoms with Crippen molar-refractivity contribution >= 4 is 13.2 Å². The van der Waals surface area contributed by atoms with Gasteiger partial charge in [-0.2, -0.15) is 13.9 Å². The van der Waals surface area contributed by atoms with Gasteiger partial charge in [0, 0.05) is 6.20 Å². The first-order valence-corrected chi connectivity index (χ1v) is 8.12. The predicted octanol–water partition coefficient (Wildman–Crippen LogP) is 4.28. The fourth-order valence-electron chi connectivity index (χ4n) is 2.48. The van der Waals surface area contributed by atoms with E-state index in [9.17, 15) is 13.2 Å². The molecule has 0 unspecified atom stereocenters. The van der Waals surface area contributed by atoms with Crippen molar-refractivity contribution in [2.75, 3.05) is 0 Å². The van der Waals surface area contributed by atoms with Crippen LogP contribution in [0.4, 0.5) is 13.2 Å². The zero-order chi connectivity index (χ0) is 19.1. The molecule has 3 heterocycles. The first-order chi connectivity index (χ1) is 12.1. The molecule has 0 aromatic carbocycles. The van der Waals surface area contributed by atoms with Gasteiger partial charge in [-0.05, 0) is 52.0 Å². The second-order valence-corrected chi connectivity index (χ2v) is 7.01. The molecule has 0 spiro atoms. The normalized spacial score (nSPS) is 19.4. The van der Waals surface area contributed by atoms with Gasteiger partial charge in [-0.15, -0.1) is 0 Å². The third kappa shape index (κ3) is 3.41. The first kappa shape index (κ1) is 18.7. The quantitative estimate of drug-likeness (QED) is 0.759. The Morgan fingerprint density at radius 2 is 1.81 bits per heavy atom. The van der Waals surface area contributed by atoms with E-state index in [2.05, 4.69) is 10.1 Å². The summed E-state index contributed by atoms with van der Waals surface area (Å²) in [5, 5.41) is 3.83. The Hall–Kier alpha value is -2.13. The average Bonchev–Trinajstić information content (AvgIpc) is 3.07. The molecule has 26 heavy (non-hydrogen) atoms. The van der Waals surface area contributed by atoms with E-state index in [-0.39, 0.29) is 11.4 Å². The number of halogens is 3. The Labute approximate surface area is 150 Å². The van der Waals surface area contributed by atoms with Crippen molar-refractivity contribution in [3.05, 3.63) is 41.9 Å². The second kappa shape index (κ2) is 6.55. The highest BCUT2D eigenvalue weighted by Gasteiger charge is 2.53. The van der Waals surface area contributed by atoms with Crippen LogP contribution in [0.2, 0.25) is 0 Å². The lowest BCUT2D eigenvalue weighted by Gasteiger charge is -2.32. The number of nitrogens with zero attached hydrogens (tertiary/aromatic N) is 3. The van der Waals surface area contributed by atoms with E-state index in [0.717, 1.165) is 6.08 Å². The minimum atomic E-state index is -2.93. The van der Waals surface area contributed by atoms with E-state index in [1.165, 1.54) is 12.3 Å². The van der Waals surface area contributed by atoms with Crippen LogP contribution < -0.4 is 0 Å². The van der Waals surface area contributed by atoms with Crippen LogP contribution >= 0.6 is 0 Å². The molecule has 9 heteroatoms. The Kier molecular flexibility index (Phi) is 4.70. The lowest BCUT2D eigenvalue weighted by atomic mass is 9.87. The molecule has 0 atom stereocenters. The summed E-state index contributed by atoms with van der Waals surface area (Å²) in [6.45, 7) is 4.20. The monoisotopic (exact) mass is 365 g/mol. The number of hydrogen-bond donors (Lipinski definition) is 0. The Morgan fingerprint density at radius 1 is 1.15 bits per heavy atom. The van der Waals surface area contributed by atoms with Gasteiger partial charge in [0.2, 0.25) is 0 Å². The highest BCUT2D eigenvalue weighted by Crippen LogP contribution is 2.39. The molecule has 2 aromatic rings.